The van der Waals surface area contributed by atoms with Gasteiger partial charge in [-0.25, -0.2) is 4.52 Å². The first kappa shape index (κ1) is 38.2. The molecule has 2 saturated heterocycles. The maximum Gasteiger partial charge on any atom is 0.389 e. The molecule has 2 aromatic carbocycles. The molecule has 0 spiro atoms. The van der Waals surface area contributed by atoms with Crippen LogP contribution in [0.15, 0.2) is 48.5 Å². The van der Waals surface area contributed by atoms with Crippen LogP contribution in [0.2, 0.25) is 0 Å². The molecular weight excluding hydrogens is 715 g/mol. The molecule has 0 unspecified atom stereocenters. The molecule has 4 atom stereocenters. The van der Waals surface area contributed by atoms with E-state index < -0.39 is 62.0 Å². The van der Waals surface area contributed by atoms with Crippen LogP contribution in [0.5, 0.6) is 0 Å². The molecule has 0 radical (unpaired) electrons. The van der Waals surface area contributed by atoms with E-state index in [9.17, 15) is 32.8 Å². The highest BCUT2D eigenvalue weighted by molar-refractivity contribution is 7.39. The Hall–Kier alpha value is -4.54. The first-order valence-electron chi connectivity index (χ1n) is 17.3. The Bertz CT molecular complexity index is 1890. The van der Waals surface area contributed by atoms with Crippen molar-refractivity contribution in [2.24, 2.45) is 5.73 Å². The van der Waals surface area contributed by atoms with Gasteiger partial charge in [0, 0.05) is 43.0 Å². The van der Waals surface area contributed by atoms with Gasteiger partial charge in [0.15, 0.2) is 0 Å². The number of carbonyl (C=O) groups is 5. The van der Waals surface area contributed by atoms with Crippen LogP contribution in [0.3, 0.4) is 0 Å². The highest BCUT2D eigenvalue weighted by Gasteiger charge is 2.45. The zero-order valence-electron chi connectivity index (χ0n) is 29.0. The minimum Gasteiger partial charge on any atom is -0.370 e. The van der Waals surface area contributed by atoms with Crippen molar-refractivity contribution in [3.63, 3.8) is 0 Å². The van der Waals surface area contributed by atoms with Gasteiger partial charge < -0.3 is 45.8 Å². The van der Waals surface area contributed by atoms with Gasteiger partial charge in [0.2, 0.25) is 23.6 Å². The smallest absolute Gasteiger partial charge is 0.370 e. The third-order valence-corrected chi connectivity index (χ3v) is 10.5. The van der Waals surface area contributed by atoms with Crippen LogP contribution >= 0.6 is 8.60 Å². The van der Waals surface area contributed by atoms with E-state index in [1.807, 2.05) is 36.2 Å². The van der Waals surface area contributed by atoms with Crippen molar-refractivity contribution in [3.8, 4) is 0 Å². The summed E-state index contributed by atoms with van der Waals surface area (Å²) in [7, 11) is -1.53. The fourth-order valence-corrected chi connectivity index (χ4v) is 7.75. The van der Waals surface area contributed by atoms with E-state index in [4.69, 9.17) is 15.5 Å². The Morgan fingerprint density at radius 1 is 1.08 bits per heavy atom. The number of fused-ring (bicyclic) bond motifs is 3. The zero-order chi connectivity index (χ0) is 38.0. The molecule has 284 valence electrons. The molecule has 53 heavy (non-hydrogen) atoms. The quantitative estimate of drug-likeness (QED) is 0.157. The number of nitrogens with zero attached hydrogens (tertiary/aromatic N) is 3. The van der Waals surface area contributed by atoms with Crippen LogP contribution in [0.1, 0.15) is 59.3 Å². The number of H-pyrrole nitrogens is 1. The third kappa shape index (κ3) is 8.65. The SMILES string of the molecule is CN1CC[C@H]2CC[C@@H](C(=O)N[C@@H](CCC(N)=O)C(=O)N3CCc4ccccc4C3)N2C(=O)[C@@H](NC(=O)c2cc3cc(C(F)(F)OP(O)O)ccc3[nH]2)C1. The molecule has 3 aromatic rings. The van der Waals surface area contributed by atoms with Crippen molar-refractivity contribution in [2.75, 3.05) is 26.7 Å². The molecule has 4 heterocycles. The number of alkyl halides is 2. The normalized spacial score (nSPS) is 21.5. The van der Waals surface area contributed by atoms with E-state index in [-0.39, 0.29) is 42.4 Å². The molecule has 5 amide bonds. The molecule has 2 fully saturated rings. The molecule has 15 nitrogen and oxygen atoms in total. The second-order valence-corrected chi connectivity index (χ2v) is 14.4. The fraction of sp³-hybridized carbons (Fsp3) is 0.457. The van der Waals surface area contributed by atoms with Crippen molar-refractivity contribution in [1.29, 1.82) is 0 Å². The maximum atomic E-state index is 14.3. The predicted octanol–water partition coefficient (Wildman–Crippen LogP) is 1.57. The molecular formula is C35H42F2N7O8P. The first-order valence-corrected chi connectivity index (χ1v) is 18.5. The fourth-order valence-electron chi connectivity index (χ4n) is 7.44. The number of primary amides is 1. The number of nitrogens with two attached hydrogens (primary N) is 1. The molecule has 18 heteroatoms. The second kappa shape index (κ2) is 15.8. The number of amides is 5. The lowest BCUT2D eigenvalue weighted by Crippen LogP contribution is -2.61. The Labute approximate surface area is 304 Å². The predicted molar refractivity (Wildman–Crippen MR) is 188 cm³/mol. The number of rotatable bonds is 11. The summed E-state index contributed by atoms with van der Waals surface area (Å²) in [5.41, 5.74) is 7.22. The molecule has 3 aliphatic heterocycles. The first-order chi connectivity index (χ1) is 25.2. The number of nitrogens with one attached hydrogen (secondary N) is 3. The van der Waals surface area contributed by atoms with Gasteiger partial charge in [0.1, 0.15) is 23.8 Å². The number of halogens is 2. The van der Waals surface area contributed by atoms with Crippen molar-refractivity contribution in [3.05, 3.63) is 70.9 Å². The van der Waals surface area contributed by atoms with Crippen LogP contribution in [0.25, 0.3) is 10.9 Å². The summed E-state index contributed by atoms with van der Waals surface area (Å²) in [5.74, 6) is -2.68. The van der Waals surface area contributed by atoms with Gasteiger partial charge >= 0.3 is 14.7 Å². The highest BCUT2D eigenvalue weighted by atomic mass is 31.2. The third-order valence-electron chi connectivity index (χ3n) is 10.1. The minimum atomic E-state index is -4.00. The van der Waals surface area contributed by atoms with E-state index in [1.54, 1.807) is 4.90 Å². The Morgan fingerprint density at radius 3 is 2.57 bits per heavy atom. The molecule has 6 rings (SSSR count). The summed E-state index contributed by atoms with van der Waals surface area (Å²) in [6.45, 7) is 1.49. The van der Waals surface area contributed by atoms with Crippen molar-refractivity contribution < 1.29 is 47.1 Å². The summed E-state index contributed by atoms with van der Waals surface area (Å²) in [6.07, 6.45) is -2.06. The van der Waals surface area contributed by atoms with Crippen molar-refractivity contribution in [1.82, 2.24) is 30.3 Å². The lowest BCUT2D eigenvalue weighted by Gasteiger charge is -2.38. The lowest BCUT2D eigenvalue weighted by atomic mass is 9.98. The van der Waals surface area contributed by atoms with Crippen LogP contribution in [-0.2, 0) is 42.8 Å². The highest BCUT2D eigenvalue weighted by Crippen LogP contribution is 2.42. The lowest BCUT2D eigenvalue weighted by molar-refractivity contribution is -0.189. The second-order valence-electron chi connectivity index (χ2n) is 13.8. The summed E-state index contributed by atoms with van der Waals surface area (Å²) >= 11 is 0. The van der Waals surface area contributed by atoms with Crippen molar-refractivity contribution in [2.45, 2.75) is 75.3 Å². The summed E-state index contributed by atoms with van der Waals surface area (Å²) in [5, 5.41) is 5.79. The van der Waals surface area contributed by atoms with Gasteiger partial charge in [-0.3, -0.25) is 24.0 Å². The van der Waals surface area contributed by atoms with Gasteiger partial charge in [-0.15, -0.1) is 0 Å². The minimum absolute atomic E-state index is 0.00746. The molecule has 1 aromatic heterocycles. The number of likely N-dealkylation sites (N-methyl/N-ethyl adjacent to an activating group) is 1. The van der Waals surface area contributed by atoms with E-state index in [0.29, 0.717) is 50.8 Å². The number of carbonyl (C=O) groups excluding carboxylic acids is 5. The average Bonchev–Trinajstić information content (AvgIpc) is 3.74. The van der Waals surface area contributed by atoms with Gasteiger partial charge in [0.05, 0.1) is 5.56 Å². The van der Waals surface area contributed by atoms with Crippen LogP contribution in [0, 0.1) is 0 Å². The Kier molecular flexibility index (Phi) is 11.4. The van der Waals surface area contributed by atoms with E-state index >= 15 is 0 Å². The topological polar surface area (TPSA) is 211 Å². The van der Waals surface area contributed by atoms with Crippen molar-refractivity contribution >= 4 is 49.0 Å². The van der Waals surface area contributed by atoms with Gasteiger partial charge in [-0.2, -0.15) is 8.78 Å². The Morgan fingerprint density at radius 2 is 1.83 bits per heavy atom. The molecule has 0 saturated carbocycles. The summed E-state index contributed by atoms with van der Waals surface area (Å²) in [6, 6.07) is 9.08. The molecule has 0 bridgehead atoms. The van der Waals surface area contributed by atoms with Crippen LogP contribution < -0.4 is 16.4 Å². The monoisotopic (exact) mass is 757 g/mol. The van der Waals surface area contributed by atoms with E-state index in [1.165, 1.54) is 17.0 Å². The largest absolute Gasteiger partial charge is 0.389 e. The number of hydrogen-bond acceptors (Lipinski definition) is 9. The molecule has 3 aliphatic rings. The summed E-state index contributed by atoms with van der Waals surface area (Å²) in [4.78, 5) is 93.0. The number of aromatic amines is 1. The van der Waals surface area contributed by atoms with E-state index in [2.05, 4.69) is 20.1 Å². The maximum absolute atomic E-state index is 14.3. The van der Waals surface area contributed by atoms with Gasteiger partial charge in [-0.05, 0) is 81.1 Å². The number of benzene rings is 2. The van der Waals surface area contributed by atoms with Gasteiger partial charge in [-0.1, -0.05) is 24.3 Å². The number of aromatic nitrogens is 1. The number of hydrogen-bond donors (Lipinski definition) is 6. The van der Waals surface area contributed by atoms with Crippen LogP contribution in [-0.4, -0.2) is 110 Å². The molecule has 7 N–H and O–H groups in total. The standard InChI is InChI=1S/C35H42F2N7O8P/c1-42-14-13-24-7-10-29(32(47)40-26(9-11-30(38)45)33(48)43-15-12-20-4-2-3-5-21(20)18-43)44(24)34(49)28(19-42)41-31(46)27-17-22-16-23(6-8-25(22)39-27)35(36,37)52-53(50)51/h2-6,8,16-17,24,26,28-29,39,50-51H,7,9-15,18-19H2,1H3,(H2,38,45)(H,40,47)(H,41,46)/t24-,26+,28+,29+/m1/s1. The zero-order valence-corrected chi connectivity index (χ0v) is 29.9. The van der Waals surface area contributed by atoms with Gasteiger partial charge in [0.25, 0.3) is 5.91 Å². The average molecular weight is 758 g/mol. The Balaban J connectivity index is 1.18. The van der Waals surface area contributed by atoms with Crippen LogP contribution in [0.4, 0.5) is 8.78 Å². The van der Waals surface area contributed by atoms with E-state index in [0.717, 1.165) is 23.3 Å². The summed E-state index contributed by atoms with van der Waals surface area (Å²) < 4.78 is 32.6. The molecule has 0 aliphatic carbocycles.